The minimum atomic E-state index is -3.99. The third kappa shape index (κ3) is 5.50. The highest BCUT2D eigenvalue weighted by Crippen LogP contribution is 2.47. The number of nitrogens with zero attached hydrogens (tertiary/aromatic N) is 3. The zero-order chi connectivity index (χ0) is 25.2. The van der Waals surface area contributed by atoms with Crippen LogP contribution in [0, 0.1) is 0 Å². The van der Waals surface area contributed by atoms with Crippen LogP contribution in [0.5, 0.6) is 0 Å². The van der Waals surface area contributed by atoms with Crippen LogP contribution >= 0.6 is 0 Å². The second kappa shape index (κ2) is 9.97. The Morgan fingerprint density at radius 1 is 1.11 bits per heavy atom. The van der Waals surface area contributed by atoms with Crippen molar-refractivity contribution in [2.24, 2.45) is 0 Å². The fourth-order valence-electron chi connectivity index (χ4n) is 4.84. The van der Waals surface area contributed by atoms with E-state index in [9.17, 15) is 13.0 Å². The molecule has 0 aliphatic carbocycles. The number of aromatic nitrogens is 2. The molecule has 0 radical (unpaired) electrons. The number of benzene rings is 2. The molecule has 0 saturated heterocycles. The summed E-state index contributed by atoms with van der Waals surface area (Å²) in [4.78, 5) is 7.88. The Morgan fingerprint density at radius 3 is 2.57 bits per heavy atom. The fraction of sp³-hybridized carbons (Fsp3) is 0.370. The molecule has 35 heavy (non-hydrogen) atoms. The number of H-pyrrole nitrogens is 1. The molecule has 3 aromatic rings. The van der Waals surface area contributed by atoms with E-state index in [1.54, 1.807) is 0 Å². The first-order chi connectivity index (χ1) is 16.6. The molecule has 2 N–H and O–H groups in total. The van der Waals surface area contributed by atoms with Gasteiger partial charge >= 0.3 is 0 Å². The first-order valence-electron chi connectivity index (χ1n) is 11.9. The van der Waals surface area contributed by atoms with Crippen molar-refractivity contribution < 1.29 is 17.5 Å². The molecule has 1 aliphatic heterocycles. The summed E-state index contributed by atoms with van der Waals surface area (Å²) in [6.45, 7) is 6.68. The van der Waals surface area contributed by atoms with Crippen molar-refractivity contribution in [2.45, 2.75) is 32.2 Å². The van der Waals surface area contributed by atoms with Crippen LogP contribution in [-0.4, -0.2) is 55.8 Å². The predicted molar refractivity (Wildman–Crippen MR) is 142 cm³/mol. The normalized spacial score (nSPS) is 16.7. The molecule has 0 saturated carbocycles. The first kappa shape index (κ1) is 25.2. The zero-order valence-corrected chi connectivity index (χ0v) is 21.7. The highest BCUT2D eigenvalue weighted by molar-refractivity contribution is 7.85. The van der Waals surface area contributed by atoms with Gasteiger partial charge in [-0.25, -0.2) is 9.55 Å². The molecule has 186 valence electrons. The van der Waals surface area contributed by atoms with Gasteiger partial charge in [0.2, 0.25) is 0 Å². The van der Waals surface area contributed by atoms with Crippen molar-refractivity contribution in [3.05, 3.63) is 77.8 Å². The molecule has 0 amide bonds. The van der Waals surface area contributed by atoms with Crippen molar-refractivity contribution in [3.63, 3.8) is 0 Å². The summed E-state index contributed by atoms with van der Waals surface area (Å²) in [6.07, 6.45) is 6.62. The van der Waals surface area contributed by atoms with Crippen LogP contribution in [0.3, 0.4) is 0 Å². The minimum absolute atomic E-state index is 0.236. The second-order valence-electron chi connectivity index (χ2n) is 9.83. The molecule has 7 nitrogen and oxygen atoms in total. The van der Waals surface area contributed by atoms with Crippen molar-refractivity contribution >= 4 is 32.9 Å². The number of imidazole rings is 1. The van der Waals surface area contributed by atoms with E-state index >= 15 is 0 Å². The Kier molecular flexibility index (Phi) is 7.17. The maximum atomic E-state index is 11.3. The number of nitrogens with one attached hydrogen (secondary N) is 1. The average Bonchev–Trinajstić information content (AvgIpc) is 3.24. The first-order valence-corrected chi connectivity index (χ1v) is 13.6. The number of likely N-dealkylation sites (N-methyl/N-ethyl adjacent to an activating group) is 1. The number of fused-ring (bicyclic) bond motifs is 2. The Balaban J connectivity index is 1.67. The summed E-state index contributed by atoms with van der Waals surface area (Å²) < 4.78 is 34.1. The van der Waals surface area contributed by atoms with E-state index in [-0.39, 0.29) is 11.2 Å². The molecule has 4 rings (SSSR count). The van der Waals surface area contributed by atoms with Gasteiger partial charge in [0, 0.05) is 36.0 Å². The summed E-state index contributed by atoms with van der Waals surface area (Å²) in [6, 6.07) is 16.5. The third-order valence-electron chi connectivity index (χ3n) is 6.61. The van der Waals surface area contributed by atoms with Crippen LogP contribution in [0.25, 0.3) is 17.1 Å². The highest BCUT2D eigenvalue weighted by Gasteiger charge is 2.39. The number of allylic oxidation sites excluding steroid dienone is 3. The van der Waals surface area contributed by atoms with Crippen LogP contribution in [0.4, 0.5) is 5.69 Å². The Hall–Kier alpha value is -2.94. The van der Waals surface area contributed by atoms with Crippen molar-refractivity contribution in [3.8, 4) is 0 Å². The molecule has 2 aromatic carbocycles. The molecule has 0 spiro atoms. The van der Waals surface area contributed by atoms with E-state index in [0.29, 0.717) is 13.0 Å². The van der Waals surface area contributed by atoms with Crippen LogP contribution in [0.15, 0.2) is 66.4 Å². The van der Waals surface area contributed by atoms with Crippen LogP contribution < -0.4 is 9.47 Å². The molecule has 0 unspecified atom stereocenters. The number of rotatable bonds is 9. The number of aromatic amines is 1. The molecule has 1 aromatic heterocycles. The van der Waals surface area contributed by atoms with Crippen molar-refractivity contribution in [2.75, 3.05) is 37.8 Å². The van der Waals surface area contributed by atoms with E-state index < -0.39 is 10.1 Å². The minimum Gasteiger partial charge on any atom is -0.344 e. The van der Waals surface area contributed by atoms with Gasteiger partial charge in [-0.15, -0.1) is 0 Å². The molecule has 1 aliphatic rings. The number of hydrogen-bond acceptors (Lipinski definition) is 4. The van der Waals surface area contributed by atoms with Crippen LogP contribution in [0.2, 0.25) is 0 Å². The monoisotopic (exact) mass is 495 g/mol. The lowest BCUT2D eigenvalue weighted by Gasteiger charge is -2.26. The molecular formula is C27H35N4O3S+. The van der Waals surface area contributed by atoms with Crippen molar-refractivity contribution in [1.29, 1.82) is 0 Å². The molecule has 8 heteroatoms. The van der Waals surface area contributed by atoms with Gasteiger partial charge in [-0.1, -0.05) is 50.3 Å². The Labute approximate surface area is 208 Å². The van der Waals surface area contributed by atoms with Gasteiger partial charge in [0.25, 0.3) is 15.9 Å². The SMILES string of the molecule is CN(C)CC[n+]1c(/C=C/C=C2/N(CCCS(=O)(=O)O)c3ccccc3C2(C)C)[nH]c2ccccc21. The molecule has 2 heterocycles. The molecular weight excluding hydrogens is 460 g/mol. The van der Waals surface area contributed by atoms with Gasteiger partial charge < -0.3 is 9.80 Å². The Bertz CT molecular complexity index is 1370. The summed E-state index contributed by atoms with van der Waals surface area (Å²) >= 11 is 0. The Morgan fingerprint density at radius 2 is 1.83 bits per heavy atom. The van der Waals surface area contributed by atoms with E-state index in [1.165, 1.54) is 11.1 Å². The maximum Gasteiger partial charge on any atom is 0.280 e. The van der Waals surface area contributed by atoms with Gasteiger partial charge in [0.05, 0.1) is 5.75 Å². The summed E-state index contributed by atoms with van der Waals surface area (Å²) in [5.41, 5.74) is 5.42. The van der Waals surface area contributed by atoms with E-state index in [4.69, 9.17) is 0 Å². The molecule has 0 atom stereocenters. The fourth-order valence-corrected chi connectivity index (χ4v) is 5.33. The number of hydrogen-bond donors (Lipinski definition) is 2. The smallest absolute Gasteiger partial charge is 0.280 e. The maximum absolute atomic E-state index is 11.3. The molecule has 0 bridgehead atoms. The van der Waals surface area contributed by atoms with Gasteiger partial charge in [0.1, 0.15) is 6.54 Å². The average molecular weight is 496 g/mol. The summed E-state index contributed by atoms with van der Waals surface area (Å²) in [5.74, 6) is 0.770. The van der Waals surface area contributed by atoms with Gasteiger partial charge in [0.15, 0.2) is 11.0 Å². The van der Waals surface area contributed by atoms with Crippen LogP contribution in [0.1, 0.15) is 31.7 Å². The van der Waals surface area contributed by atoms with Gasteiger partial charge in [-0.3, -0.25) is 4.55 Å². The number of anilines is 1. The molecule has 0 fully saturated rings. The summed E-state index contributed by atoms with van der Waals surface area (Å²) in [7, 11) is 0.158. The predicted octanol–water partition coefficient (Wildman–Crippen LogP) is 3.99. The van der Waals surface area contributed by atoms with Crippen LogP contribution in [-0.2, 0) is 22.1 Å². The standard InChI is InChI=1S/C27H34N4O3S/c1-27(2)21-11-5-7-13-23(21)30(17-10-20-35(32,33)34)25(27)15-9-16-26-28-22-12-6-8-14-24(22)31(26)19-18-29(3)4/h5-9,11-16H,10,17-20H2,1-4H3,(H,32,33,34)/p+1/b16-9+,25-15+. The zero-order valence-electron chi connectivity index (χ0n) is 20.9. The summed E-state index contributed by atoms with van der Waals surface area (Å²) in [5, 5.41) is 0. The lowest BCUT2D eigenvalue weighted by atomic mass is 9.84. The van der Waals surface area contributed by atoms with Gasteiger partial charge in [-0.2, -0.15) is 8.42 Å². The lowest BCUT2D eigenvalue weighted by molar-refractivity contribution is -0.672. The van der Waals surface area contributed by atoms with E-state index in [0.717, 1.165) is 35.8 Å². The van der Waals surface area contributed by atoms with E-state index in [1.807, 2.05) is 18.2 Å². The number of para-hydroxylation sites is 3. The highest BCUT2D eigenvalue weighted by atomic mass is 32.2. The largest absolute Gasteiger partial charge is 0.344 e. The van der Waals surface area contributed by atoms with Crippen molar-refractivity contribution in [1.82, 2.24) is 9.88 Å². The van der Waals surface area contributed by atoms with Gasteiger partial charge in [-0.05, 0) is 50.4 Å². The third-order valence-corrected chi connectivity index (χ3v) is 7.42. The topological polar surface area (TPSA) is 80.5 Å². The quantitative estimate of drug-likeness (QED) is 0.347. The second-order valence-corrected chi connectivity index (χ2v) is 11.4. The lowest BCUT2D eigenvalue weighted by Crippen LogP contribution is -2.40. The van der Waals surface area contributed by atoms with E-state index in [2.05, 4.69) is 95.9 Å².